The van der Waals surface area contributed by atoms with Crippen LogP contribution in [0.5, 0.6) is 0 Å². The highest BCUT2D eigenvalue weighted by Crippen LogP contribution is 2.28. The van der Waals surface area contributed by atoms with E-state index in [2.05, 4.69) is 20.0 Å². The topological polar surface area (TPSA) is 101 Å². The van der Waals surface area contributed by atoms with E-state index in [0.717, 1.165) is 48.4 Å². The summed E-state index contributed by atoms with van der Waals surface area (Å²) in [5.74, 6) is -0.159. The fourth-order valence-electron chi connectivity index (χ4n) is 4.09. The number of carbonyl (C=O) groups excluding carboxylic acids is 1. The summed E-state index contributed by atoms with van der Waals surface area (Å²) in [4.78, 5) is 21.8. The number of carbonyl (C=O) groups is 1. The molecule has 2 aromatic carbocycles. The van der Waals surface area contributed by atoms with Crippen LogP contribution in [-0.2, 0) is 14.8 Å². The van der Waals surface area contributed by atoms with Crippen LogP contribution in [0.4, 0.5) is 5.69 Å². The van der Waals surface area contributed by atoms with Crippen LogP contribution in [0.1, 0.15) is 45.4 Å². The molecule has 35 heavy (non-hydrogen) atoms. The SMILES string of the molecule is CCC(Sc1cc(-c2ccccc2)ncn1)C(=O)Nc1ccc(S(=O)(=O)NC2CCCCC2)cc1. The molecular formula is C26H30N4O3S2. The molecule has 9 heteroatoms. The van der Waals surface area contributed by atoms with Crippen molar-refractivity contribution < 1.29 is 13.2 Å². The van der Waals surface area contributed by atoms with Crippen molar-refractivity contribution >= 4 is 33.4 Å². The number of thioether (sulfide) groups is 1. The molecule has 0 spiro atoms. The summed E-state index contributed by atoms with van der Waals surface area (Å²) in [6, 6.07) is 18.0. The lowest BCUT2D eigenvalue weighted by molar-refractivity contribution is -0.115. The summed E-state index contributed by atoms with van der Waals surface area (Å²) < 4.78 is 28.2. The van der Waals surface area contributed by atoms with Crippen molar-refractivity contribution in [3.8, 4) is 11.3 Å². The van der Waals surface area contributed by atoms with E-state index in [0.29, 0.717) is 12.1 Å². The Balaban J connectivity index is 1.38. The monoisotopic (exact) mass is 510 g/mol. The van der Waals surface area contributed by atoms with Gasteiger partial charge in [0.05, 0.1) is 15.8 Å². The van der Waals surface area contributed by atoms with Gasteiger partial charge in [0.1, 0.15) is 11.4 Å². The van der Waals surface area contributed by atoms with E-state index in [1.807, 2.05) is 43.3 Å². The van der Waals surface area contributed by atoms with Crippen LogP contribution in [0, 0.1) is 0 Å². The van der Waals surface area contributed by atoms with Gasteiger partial charge in [0.2, 0.25) is 15.9 Å². The van der Waals surface area contributed by atoms with Crippen LogP contribution in [0.15, 0.2) is 76.9 Å². The lowest BCUT2D eigenvalue weighted by atomic mass is 9.96. The fraction of sp³-hybridized carbons (Fsp3) is 0.346. The maximum atomic E-state index is 12.9. The van der Waals surface area contributed by atoms with E-state index in [4.69, 9.17) is 0 Å². The van der Waals surface area contributed by atoms with Crippen LogP contribution in [-0.4, -0.2) is 35.6 Å². The highest BCUT2D eigenvalue weighted by atomic mass is 32.2. The first-order valence-corrected chi connectivity index (χ1v) is 14.3. The molecule has 2 N–H and O–H groups in total. The molecular weight excluding hydrogens is 480 g/mol. The Labute approximate surface area is 211 Å². The molecule has 7 nitrogen and oxygen atoms in total. The van der Waals surface area contributed by atoms with Gasteiger partial charge in [-0.15, -0.1) is 0 Å². The first-order valence-electron chi connectivity index (χ1n) is 11.9. The number of nitrogens with one attached hydrogen (secondary N) is 2. The quantitative estimate of drug-likeness (QED) is 0.301. The Morgan fingerprint density at radius 3 is 2.43 bits per heavy atom. The van der Waals surface area contributed by atoms with Crippen molar-refractivity contribution in [2.75, 3.05) is 5.32 Å². The maximum absolute atomic E-state index is 12.9. The summed E-state index contributed by atoms with van der Waals surface area (Å²) in [5, 5.41) is 3.26. The average Bonchev–Trinajstić information content (AvgIpc) is 2.88. The summed E-state index contributed by atoms with van der Waals surface area (Å²) >= 11 is 1.38. The van der Waals surface area contributed by atoms with Gasteiger partial charge >= 0.3 is 0 Å². The molecule has 0 aliphatic heterocycles. The first kappa shape index (κ1) is 25.3. The lowest BCUT2D eigenvalue weighted by Crippen LogP contribution is -2.36. The Kier molecular flexibility index (Phi) is 8.54. The van der Waals surface area contributed by atoms with Crippen LogP contribution in [0.2, 0.25) is 0 Å². The third-order valence-electron chi connectivity index (χ3n) is 6.00. The molecule has 1 atom stereocenters. The number of sulfonamides is 1. The number of nitrogens with zero attached hydrogens (tertiary/aromatic N) is 2. The number of amides is 1. The Hall–Kier alpha value is -2.75. The number of hydrogen-bond donors (Lipinski definition) is 2. The van der Waals surface area contributed by atoms with E-state index in [1.165, 1.54) is 30.2 Å². The van der Waals surface area contributed by atoms with Crippen LogP contribution >= 0.6 is 11.8 Å². The van der Waals surface area contributed by atoms with E-state index < -0.39 is 10.0 Å². The maximum Gasteiger partial charge on any atom is 0.240 e. The second kappa shape index (κ2) is 11.8. The zero-order chi connectivity index (χ0) is 24.7. The molecule has 1 unspecified atom stereocenters. The molecule has 1 aliphatic carbocycles. The summed E-state index contributed by atoms with van der Waals surface area (Å²) in [6.07, 6.45) is 7.14. The van der Waals surface area contributed by atoms with Gasteiger partial charge < -0.3 is 5.32 Å². The van der Waals surface area contributed by atoms with Crippen molar-refractivity contribution in [1.29, 1.82) is 0 Å². The molecule has 4 rings (SSSR count). The molecule has 1 saturated carbocycles. The minimum Gasteiger partial charge on any atom is -0.325 e. The van der Waals surface area contributed by atoms with Crippen molar-refractivity contribution in [3.05, 3.63) is 67.0 Å². The Morgan fingerprint density at radius 1 is 1.03 bits per heavy atom. The lowest BCUT2D eigenvalue weighted by Gasteiger charge is -2.22. The molecule has 0 bridgehead atoms. The van der Waals surface area contributed by atoms with Gasteiger partial charge in [0, 0.05) is 17.3 Å². The summed E-state index contributed by atoms with van der Waals surface area (Å²) in [6.45, 7) is 1.95. The molecule has 1 heterocycles. The number of hydrogen-bond acceptors (Lipinski definition) is 6. The molecule has 0 saturated heterocycles. The second-order valence-electron chi connectivity index (χ2n) is 8.59. The number of aromatic nitrogens is 2. The van der Waals surface area contributed by atoms with Gasteiger partial charge in [-0.3, -0.25) is 4.79 Å². The summed E-state index contributed by atoms with van der Waals surface area (Å²) in [5.41, 5.74) is 2.34. The van der Waals surface area contributed by atoms with Gasteiger partial charge in [-0.05, 0) is 49.6 Å². The third kappa shape index (κ3) is 6.90. The van der Waals surface area contributed by atoms with E-state index in [9.17, 15) is 13.2 Å². The van der Waals surface area contributed by atoms with Gasteiger partial charge in [-0.25, -0.2) is 23.1 Å². The zero-order valence-electron chi connectivity index (χ0n) is 19.7. The van der Waals surface area contributed by atoms with E-state index >= 15 is 0 Å². The average molecular weight is 511 g/mol. The van der Waals surface area contributed by atoms with Crippen LogP contribution in [0.25, 0.3) is 11.3 Å². The largest absolute Gasteiger partial charge is 0.325 e. The molecule has 1 amide bonds. The number of anilines is 1. The smallest absolute Gasteiger partial charge is 0.240 e. The van der Waals surface area contributed by atoms with Crippen molar-refractivity contribution in [1.82, 2.24) is 14.7 Å². The third-order valence-corrected chi connectivity index (χ3v) is 8.83. The van der Waals surface area contributed by atoms with Crippen LogP contribution < -0.4 is 10.0 Å². The van der Waals surface area contributed by atoms with Gasteiger partial charge in [-0.2, -0.15) is 0 Å². The first-order chi connectivity index (χ1) is 16.9. The number of benzene rings is 2. The molecule has 1 aromatic heterocycles. The highest BCUT2D eigenvalue weighted by molar-refractivity contribution is 8.00. The van der Waals surface area contributed by atoms with E-state index in [-0.39, 0.29) is 22.1 Å². The molecule has 1 fully saturated rings. The summed E-state index contributed by atoms with van der Waals surface area (Å²) in [7, 11) is -3.57. The van der Waals surface area contributed by atoms with Gasteiger partial charge in [-0.1, -0.05) is 68.3 Å². The molecule has 1 aliphatic rings. The highest BCUT2D eigenvalue weighted by Gasteiger charge is 2.23. The molecule has 0 radical (unpaired) electrons. The Morgan fingerprint density at radius 2 is 1.74 bits per heavy atom. The zero-order valence-corrected chi connectivity index (χ0v) is 21.3. The second-order valence-corrected chi connectivity index (χ2v) is 11.5. The predicted molar refractivity (Wildman–Crippen MR) is 140 cm³/mol. The van der Waals surface area contributed by atoms with Crippen molar-refractivity contribution in [2.24, 2.45) is 0 Å². The minimum absolute atomic E-state index is 0.000306. The van der Waals surface area contributed by atoms with Gasteiger partial charge in [0.15, 0.2) is 0 Å². The number of rotatable bonds is 9. The molecule has 3 aromatic rings. The normalized spacial score (nSPS) is 15.5. The Bertz CT molecular complexity index is 1230. The van der Waals surface area contributed by atoms with Crippen molar-refractivity contribution in [3.63, 3.8) is 0 Å². The predicted octanol–water partition coefficient (Wildman–Crippen LogP) is 5.26. The molecule has 184 valence electrons. The van der Waals surface area contributed by atoms with E-state index in [1.54, 1.807) is 12.1 Å². The van der Waals surface area contributed by atoms with Gasteiger partial charge in [0.25, 0.3) is 0 Å². The standard InChI is InChI=1S/C26H30N4O3S2/c1-2-24(34-25-17-23(27-18-28-25)19-9-5-3-6-10-19)26(31)29-20-13-15-22(16-14-20)35(32,33)30-21-11-7-4-8-12-21/h3,5-6,9-10,13-18,21,24,30H,2,4,7-8,11-12H2,1H3,(H,29,31). The van der Waals surface area contributed by atoms with Crippen LogP contribution in [0.3, 0.4) is 0 Å². The van der Waals surface area contributed by atoms with Crippen molar-refractivity contribution in [2.45, 2.75) is 66.7 Å². The fourth-order valence-corrected chi connectivity index (χ4v) is 6.30. The minimum atomic E-state index is -3.57.